The average Bonchev–Trinajstić information content (AvgIpc) is 3.03. The first-order chi connectivity index (χ1) is 11.3. The minimum atomic E-state index is 0.0130. The van der Waals surface area contributed by atoms with Crippen molar-refractivity contribution in [3.05, 3.63) is 42.9 Å². The molecule has 2 heterocycles. The Morgan fingerprint density at radius 3 is 2.87 bits per heavy atom. The summed E-state index contributed by atoms with van der Waals surface area (Å²) in [6, 6.07) is 9.81. The quantitative estimate of drug-likeness (QED) is 0.556. The zero-order chi connectivity index (χ0) is 16.1. The normalized spacial score (nSPS) is 10.8. The molecule has 1 N–H and O–H groups in total. The Labute approximate surface area is 138 Å². The summed E-state index contributed by atoms with van der Waals surface area (Å²) in [4.78, 5) is 20.4. The van der Waals surface area contributed by atoms with E-state index in [1.807, 2.05) is 37.3 Å². The third-order valence-corrected chi connectivity index (χ3v) is 4.25. The van der Waals surface area contributed by atoms with Gasteiger partial charge in [0.05, 0.1) is 23.0 Å². The molecule has 0 fully saturated rings. The highest BCUT2D eigenvalue weighted by atomic mass is 32.2. The third kappa shape index (κ3) is 3.50. The first kappa shape index (κ1) is 15.5. The average molecular weight is 327 g/mol. The molecule has 2 aromatic heterocycles. The Balaban J connectivity index is 1.83. The van der Waals surface area contributed by atoms with Gasteiger partial charge in [-0.15, -0.1) is 0 Å². The highest BCUT2D eigenvalue weighted by molar-refractivity contribution is 8.00. The number of amides is 1. The van der Waals surface area contributed by atoms with Crippen LogP contribution in [0.15, 0.2) is 47.9 Å². The van der Waals surface area contributed by atoms with E-state index in [4.69, 9.17) is 0 Å². The van der Waals surface area contributed by atoms with Crippen molar-refractivity contribution in [1.29, 1.82) is 0 Å². The largest absolute Gasteiger partial charge is 0.355 e. The summed E-state index contributed by atoms with van der Waals surface area (Å²) in [5.41, 5.74) is 1.68. The van der Waals surface area contributed by atoms with Gasteiger partial charge in [-0.05, 0) is 18.6 Å². The van der Waals surface area contributed by atoms with Crippen LogP contribution in [0.5, 0.6) is 0 Å². The Hall–Kier alpha value is -2.41. The van der Waals surface area contributed by atoms with Gasteiger partial charge in [0.15, 0.2) is 5.65 Å². The Morgan fingerprint density at radius 2 is 2.09 bits per heavy atom. The lowest BCUT2D eigenvalue weighted by atomic mass is 10.3. The first-order valence-electron chi connectivity index (χ1n) is 7.43. The summed E-state index contributed by atoms with van der Waals surface area (Å²) in [6.07, 6.45) is 4.18. The second kappa shape index (κ2) is 7.23. The van der Waals surface area contributed by atoms with E-state index in [9.17, 15) is 4.79 Å². The Morgan fingerprint density at radius 1 is 1.26 bits per heavy atom. The van der Waals surface area contributed by atoms with Crippen LogP contribution in [0.3, 0.4) is 0 Å². The Bertz CT molecular complexity index is 803. The van der Waals surface area contributed by atoms with Gasteiger partial charge in [-0.2, -0.15) is 5.10 Å². The van der Waals surface area contributed by atoms with Crippen LogP contribution in [0.25, 0.3) is 16.7 Å². The number of nitrogens with zero attached hydrogens (tertiary/aromatic N) is 4. The number of hydrogen-bond acceptors (Lipinski definition) is 5. The predicted molar refractivity (Wildman–Crippen MR) is 90.7 cm³/mol. The molecule has 1 aromatic carbocycles. The zero-order valence-corrected chi connectivity index (χ0v) is 13.6. The number of fused-ring (bicyclic) bond motifs is 1. The summed E-state index contributed by atoms with van der Waals surface area (Å²) >= 11 is 1.40. The molecule has 6 nitrogen and oxygen atoms in total. The SMILES string of the molecule is CCCNC(=O)CSc1ncnc2c1cnn2-c1ccccc1. The highest BCUT2D eigenvalue weighted by Gasteiger charge is 2.12. The second-order valence-corrected chi connectivity index (χ2v) is 5.91. The van der Waals surface area contributed by atoms with Gasteiger partial charge >= 0.3 is 0 Å². The molecule has 0 aliphatic heterocycles. The minimum absolute atomic E-state index is 0.0130. The van der Waals surface area contributed by atoms with Crippen LogP contribution < -0.4 is 5.32 Å². The van der Waals surface area contributed by atoms with Crippen LogP contribution in [-0.2, 0) is 4.79 Å². The van der Waals surface area contributed by atoms with Crippen LogP contribution in [0.2, 0.25) is 0 Å². The monoisotopic (exact) mass is 327 g/mol. The number of rotatable bonds is 6. The second-order valence-electron chi connectivity index (χ2n) is 4.95. The molecule has 0 atom stereocenters. The molecule has 23 heavy (non-hydrogen) atoms. The molecule has 0 aliphatic rings. The Kier molecular flexibility index (Phi) is 4.87. The zero-order valence-electron chi connectivity index (χ0n) is 12.8. The first-order valence-corrected chi connectivity index (χ1v) is 8.42. The van der Waals surface area contributed by atoms with Gasteiger partial charge in [-0.25, -0.2) is 14.6 Å². The molecule has 0 spiro atoms. The van der Waals surface area contributed by atoms with Crippen molar-refractivity contribution >= 4 is 28.7 Å². The van der Waals surface area contributed by atoms with Crippen molar-refractivity contribution < 1.29 is 4.79 Å². The van der Waals surface area contributed by atoms with Crippen molar-refractivity contribution in [3.63, 3.8) is 0 Å². The van der Waals surface area contributed by atoms with Gasteiger partial charge in [0.2, 0.25) is 5.91 Å². The molecule has 3 aromatic rings. The molecule has 0 unspecified atom stereocenters. The van der Waals surface area contributed by atoms with E-state index in [-0.39, 0.29) is 5.91 Å². The molecule has 0 saturated heterocycles. The maximum atomic E-state index is 11.7. The highest BCUT2D eigenvalue weighted by Crippen LogP contribution is 2.25. The fourth-order valence-corrected chi connectivity index (χ4v) is 2.94. The van der Waals surface area contributed by atoms with Gasteiger partial charge in [0.1, 0.15) is 11.4 Å². The number of hydrogen-bond donors (Lipinski definition) is 1. The number of carbonyl (C=O) groups excluding carboxylic acids is 1. The maximum absolute atomic E-state index is 11.7. The maximum Gasteiger partial charge on any atom is 0.230 e. The lowest BCUT2D eigenvalue weighted by Gasteiger charge is -2.05. The number of thioether (sulfide) groups is 1. The fraction of sp³-hybridized carbons (Fsp3) is 0.250. The predicted octanol–water partition coefficient (Wildman–Crippen LogP) is 2.43. The van der Waals surface area contributed by atoms with Gasteiger partial charge in [-0.3, -0.25) is 4.79 Å². The summed E-state index contributed by atoms with van der Waals surface area (Å²) in [5, 5.41) is 8.88. The van der Waals surface area contributed by atoms with Gasteiger partial charge in [-0.1, -0.05) is 36.9 Å². The van der Waals surface area contributed by atoms with Crippen LogP contribution in [0.4, 0.5) is 0 Å². The molecular formula is C16H17N5OS. The lowest BCUT2D eigenvalue weighted by Crippen LogP contribution is -2.25. The van der Waals surface area contributed by atoms with Crippen LogP contribution in [-0.4, -0.2) is 38.0 Å². The van der Waals surface area contributed by atoms with Crippen molar-refractivity contribution in [2.75, 3.05) is 12.3 Å². The standard InChI is InChI=1S/C16H17N5OS/c1-2-8-17-14(22)10-23-16-13-9-20-21(15(13)18-11-19-16)12-6-4-3-5-7-12/h3-7,9,11H,2,8,10H2,1H3,(H,17,22). The topological polar surface area (TPSA) is 72.7 Å². The molecule has 7 heteroatoms. The van der Waals surface area contributed by atoms with E-state index in [0.717, 1.165) is 28.2 Å². The molecular weight excluding hydrogens is 310 g/mol. The molecule has 3 rings (SSSR count). The molecule has 0 radical (unpaired) electrons. The number of carbonyl (C=O) groups is 1. The van der Waals surface area contributed by atoms with E-state index in [0.29, 0.717) is 12.3 Å². The van der Waals surface area contributed by atoms with E-state index < -0.39 is 0 Å². The summed E-state index contributed by atoms with van der Waals surface area (Å²) < 4.78 is 1.78. The molecule has 0 saturated carbocycles. The third-order valence-electron chi connectivity index (χ3n) is 3.24. The van der Waals surface area contributed by atoms with E-state index in [2.05, 4.69) is 20.4 Å². The van der Waals surface area contributed by atoms with E-state index >= 15 is 0 Å². The van der Waals surface area contributed by atoms with E-state index in [1.165, 1.54) is 18.1 Å². The molecule has 1 amide bonds. The summed E-state index contributed by atoms with van der Waals surface area (Å²) in [6.45, 7) is 2.73. The smallest absolute Gasteiger partial charge is 0.230 e. The summed E-state index contributed by atoms with van der Waals surface area (Å²) in [5.74, 6) is 0.349. The van der Waals surface area contributed by atoms with E-state index in [1.54, 1.807) is 10.9 Å². The summed E-state index contributed by atoms with van der Waals surface area (Å²) in [7, 11) is 0. The van der Waals surface area contributed by atoms with Crippen molar-refractivity contribution in [3.8, 4) is 5.69 Å². The lowest BCUT2D eigenvalue weighted by molar-refractivity contribution is -0.118. The van der Waals surface area contributed by atoms with Crippen molar-refractivity contribution in [2.45, 2.75) is 18.4 Å². The number of benzene rings is 1. The van der Waals surface area contributed by atoms with Gasteiger partial charge in [0.25, 0.3) is 0 Å². The minimum Gasteiger partial charge on any atom is -0.355 e. The molecule has 118 valence electrons. The van der Waals surface area contributed by atoms with Crippen LogP contribution in [0.1, 0.15) is 13.3 Å². The van der Waals surface area contributed by atoms with Gasteiger partial charge < -0.3 is 5.32 Å². The van der Waals surface area contributed by atoms with Crippen molar-refractivity contribution in [1.82, 2.24) is 25.1 Å². The van der Waals surface area contributed by atoms with Gasteiger partial charge in [0, 0.05) is 6.54 Å². The molecule has 0 aliphatic carbocycles. The number of nitrogens with one attached hydrogen (secondary N) is 1. The molecule has 0 bridgehead atoms. The van der Waals surface area contributed by atoms with Crippen LogP contribution in [0, 0.1) is 0 Å². The number of para-hydroxylation sites is 1. The van der Waals surface area contributed by atoms with Crippen LogP contribution >= 0.6 is 11.8 Å². The fourth-order valence-electron chi connectivity index (χ4n) is 2.15. The number of aromatic nitrogens is 4. The van der Waals surface area contributed by atoms with Crippen molar-refractivity contribution in [2.24, 2.45) is 0 Å².